The largest absolute Gasteiger partial charge is 0.475 e. The Morgan fingerprint density at radius 2 is 1.86 bits per heavy atom. The Morgan fingerprint density at radius 3 is 2.53 bits per heavy atom. The normalized spacial score (nSPS) is 16.9. The van der Waals surface area contributed by atoms with Crippen molar-refractivity contribution in [3.63, 3.8) is 0 Å². The van der Waals surface area contributed by atoms with Crippen molar-refractivity contribution >= 4 is 21.8 Å². The lowest BCUT2D eigenvalue weighted by Gasteiger charge is -2.34. The third-order valence-electron chi connectivity index (χ3n) is 8.17. The molecule has 0 radical (unpaired) electrons. The van der Waals surface area contributed by atoms with Crippen molar-refractivity contribution in [2.45, 2.75) is 59.5 Å². The van der Waals surface area contributed by atoms with Crippen molar-refractivity contribution in [3.05, 3.63) is 85.0 Å². The molecule has 0 bridgehead atoms. The first-order chi connectivity index (χ1) is 20.7. The van der Waals surface area contributed by atoms with Gasteiger partial charge in [-0.15, -0.1) is 10.2 Å². The molecule has 6 rings (SSSR count). The minimum Gasteiger partial charge on any atom is -0.475 e. The van der Waals surface area contributed by atoms with Gasteiger partial charge in [0, 0.05) is 39.9 Å². The first-order valence-electron chi connectivity index (χ1n) is 14.6. The zero-order valence-corrected chi connectivity index (χ0v) is 26.5. The van der Waals surface area contributed by atoms with Crippen molar-refractivity contribution in [2.75, 3.05) is 26.2 Å². The van der Waals surface area contributed by atoms with Gasteiger partial charge in [0.15, 0.2) is 5.82 Å². The van der Waals surface area contributed by atoms with Gasteiger partial charge in [0.1, 0.15) is 6.61 Å². The average Bonchev–Trinajstić information content (AvgIpc) is 3.63. The summed E-state index contributed by atoms with van der Waals surface area (Å²) in [6.07, 6.45) is 2.83. The highest BCUT2D eigenvalue weighted by Gasteiger charge is 2.33. The Bertz CT molecular complexity index is 1730. The molecule has 5 heterocycles. The van der Waals surface area contributed by atoms with Gasteiger partial charge in [-0.3, -0.25) is 14.5 Å². The zero-order chi connectivity index (χ0) is 30.2. The Labute approximate surface area is 258 Å². The van der Waals surface area contributed by atoms with Crippen LogP contribution in [-0.4, -0.2) is 77.5 Å². The van der Waals surface area contributed by atoms with Crippen molar-refractivity contribution in [1.29, 1.82) is 0 Å². The van der Waals surface area contributed by atoms with Gasteiger partial charge in [-0.2, -0.15) is 5.10 Å². The van der Waals surface area contributed by atoms with E-state index in [-0.39, 0.29) is 24.1 Å². The summed E-state index contributed by atoms with van der Waals surface area (Å²) in [6.45, 7) is 11.5. The molecule has 1 amide bonds. The predicted octanol–water partition coefficient (Wildman–Crippen LogP) is 3.96. The van der Waals surface area contributed by atoms with Gasteiger partial charge in [0.05, 0.1) is 17.9 Å². The zero-order valence-electron chi connectivity index (χ0n) is 24.9. The molecule has 1 saturated heterocycles. The number of rotatable bonds is 7. The lowest BCUT2D eigenvalue weighted by Crippen LogP contribution is -2.46. The summed E-state index contributed by atoms with van der Waals surface area (Å²) < 4.78 is 9.89. The van der Waals surface area contributed by atoms with Gasteiger partial charge in [-0.25, -0.2) is 14.2 Å². The minimum absolute atomic E-state index is 0.0985. The molecule has 0 N–H and O–H groups in total. The number of aryl methyl sites for hydroxylation is 3. The molecule has 12 heteroatoms. The van der Waals surface area contributed by atoms with Gasteiger partial charge in [0.25, 0.3) is 11.5 Å². The summed E-state index contributed by atoms with van der Waals surface area (Å²) in [5.41, 5.74) is 4.05. The molecule has 1 atom stereocenters. The highest BCUT2D eigenvalue weighted by Crippen LogP contribution is 2.26. The van der Waals surface area contributed by atoms with Crippen molar-refractivity contribution in [3.8, 4) is 17.6 Å². The SMILES string of the molecule is Cc1cc(C)n(-c2nc3c(c(=O)n2-c2ccc(OCCN4CCCC4)nn2)CC(C)N(C(=O)c2ccc(Br)c(C)c2)C3)n1. The molecule has 4 aromatic rings. The van der Waals surface area contributed by atoms with Crippen LogP contribution >= 0.6 is 15.9 Å². The number of nitrogens with zero attached hydrogens (tertiary/aromatic N) is 8. The molecule has 1 unspecified atom stereocenters. The number of hydrogen-bond acceptors (Lipinski definition) is 8. The van der Waals surface area contributed by atoms with E-state index in [0.717, 1.165) is 41.1 Å². The molecule has 0 saturated carbocycles. The Kier molecular flexibility index (Phi) is 8.15. The molecule has 0 aliphatic carbocycles. The third kappa shape index (κ3) is 5.85. The summed E-state index contributed by atoms with van der Waals surface area (Å²) in [5.74, 6) is 0.929. The number of carbonyl (C=O) groups is 1. The van der Waals surface area contributed by atoms with Gasteiger partial charge in [-0.05, 0) is 95.9 Å². The van der Waals surface area contributed by atoms with Crippen LogP contribution < -0.4 is 10.3 Å². The Morgan fingerprint density at radius 1 is 1.07 bits per heavy atom. The van der Waals surface area contributed by atoms with Crippen LogP contribution in [0.3, 0.4) is 0 Å². The van der Waals surface area contributed by atoms with E-state index < -0.39 is 0 Å². The van der Waals surface area contributed by atoms with Crippen LogP contribution in [-0.2, 0) is 13.0 Å². The number of hydrogen-bond donors (Lipinski definition) is 0. The molecule has 3 aromatic heterocycles. The number of amides is 1. The van der Waals surface area contributed by atoms with E-state index in [2.05, 4.69) is 36.1 Å². The van der Waals surface area contributed by atoms with E-state index in [0.29, 0.717) is 47.5 Å². The second kappa shape index (κ2) is 12.0. The molecule has 11 nitrogen and oxygen atoms in total. The number of aromatic nitrogens is 6. The van der Waals surface area contributed by atoms with Crippen LogP contribution in [0.4, 0.5) is 0 Å². The fourth-order valence-electron chi connectivity index (χ4n) is 5.84. The molecule has 224 valence electrons. The van der Waals surface area contributed by atoms with E-state index >= 15 is 0 Å². The monoisotopic (exact) mass is 646 g/mol. The van der Waals surface area contributed by atoms with Gasteiger partial charge in [0.2, 0.25) is 11.8 Å². The summed E-state index contributed by atoms with van der Waals surface area (Å²) in [5, 5.41) is 13.3. The fourth-order valence-corrected chi connectivity index (χ4v) is 6.08. The predicted molar refractivity (Wildman–Crippen MR) is 165 cm³/mol. The fraction of sp³-hybridized carbons (Fsp3) is 0.419. The minimum atomic E-state index is -0.247. The second-order valence-electron chi connectivity index (χ2n) is 11.4. The van der Waals surface area contributed by atoms with Gasteiger partial charge in [-0.1, -0.05) is 15.9 Å². The molecule has 43 heavy (non-hydrogen) atoms. The number of likely N-dealkylation sites (tertiary alicyclic amines) is 1. The summed E-state index contributed by atoms with van der Waals surface area (Å²) in [6, 6.07) is 10.7. The Balaban J connectivity index is 1.35. The Hall–Kier alpha value is -3.90. The van der Waals surface area contributed by atoms with E-state index in [1.54, 1.807) is 21.7 Å². The van der Waals surface area contributed by atoms with E-state index in [9.17, 15) is 9.59 Å². The van der Waals surface area contributed by atoms with E-state index in [1.165, 1.54) is 17.4 Å². The maximum atomic E-state index is 14.2. The second-order valence-corrected chi connectivity index (χ2v) is 12.2. The molecule has 0 spiro atoms. The van der Waals surface area contributed by atoms with Crippen LogP contribution in [0.25, 0.3) is 11.8 Å². The van der Waals surface area contributed by atoms with Crippen LogP contribution in [0.1, 0.15) is 58.3 Å². The van der Waals surface area contributed by atoms with E-state index in [1.807, 2.05) is 52.0 Å². The summed E-state index contributed by atoms with van der Waals surface area (Å²) in [7, 11) is 0. The highest BCUT2D eigenvalue weighted by molar-refractivity contribution is 9.10. The molecule has 2 aliphatic heterocycles. The molecule has 2 aliphatic rings. The first-order valence-corrected chi connectivity index (χ1v) is 15.4. The number of benzene rings is 1. The quantitative estimate of drug-likeness (QED) is 0.297. The van der Waals surface area contributed by atoms with Crippen molar-refractivity contribution in [2.24, 2.45) is 0 Å². The van der Waals surface area contributed by atoms with E-state index in [4.69, 9.17) is 9.72 Å². The third-order valence-corrected chi connectivity index (χ3v) is 9.06. The van der Waals surface area contributed by atoms with Crippen LogP contribution in [0.15, 0.2) is 45.7 Å². The molecule has 1 aromatic carbocycles. The number of carbonyl (C=O) groups excluding carboxylic acids is 1. The summed E-state index contributed by atoms with van der Waals surface area (Å²) >= 11 is 3.51. The highest BCUT2D eigenvalue weighted by atomic mass is 79.9. The average molecular weight is 648 g/mol. The topological polar surface area (TPSA) is 111 Å². The maximum absolute atomic E-state index is 14.2. The molecular formula is C31H35BrN8O3. The first kappa shape index (κ1) is 29.2. The number of halogens is 1. The lowest BCUT2D eigenvalue weighted by atomic mass is 9.98. The number of ether oxygens (including phenoxy) is 1. The standard InChI is InChI=1S/C31H35BrN8O3/c1-19-15-23(7-8-25(19)32)29(41)38-18-26-24(17-21(38)3)30(42)39(31(33-26)40-22(4)16-20(2)36-40)27-9-10-28(35-34-27)43-14-13-37-11-5-6-12-37/h7-10,15-16,21H,5-6,11-14,17-18H2,1-4H3. The van der Waals surface area contributed by atoms with Gasteiger partial charge < -0.3 is 9.64 Å². The van der Waals surface area contributed by atoms with Crippen molar-refractivity contribution in [1.82, 2.24) is 39.3 Å². The van der Waals surface area contributed by atoms with Gasteiger partial charge >= 0.3 is 0 Å². The molecule has 1 fully saturated rings. The lowest BCUT2D eigenvalue weighted by molar-refractivity contribution is 0.0652. The van der Waals surface area contributed by atoms with Crippen LogP contribution in [0, 0.1) is 20.8 Å². The van der Waals surface area contributed by atoms with Crippen molar-refractivity contribution < 1.29 is 9.53 Å². The molecular weight excluding hydrogens is 612 g/mol. The van der Waals surface area contributed by atoms with Crippen LogP contribution in [0.2, 0.25) is 0 Å². The summed E-state index contributed by atoms with van der Waals surface area (Å²) in [4.78, 5) is 36.9. The smallest absolute Gasteiger partial charge is 0.264 e. The maximum Gasteiger partial charge on any atom is 0.264 e. The number of fused-ring (bicyclic) bond motifs is 1. The van der Waals surface area contributed by atoms with Crippen LogP contribution in [0.5, 0.6) is 5.88 Å².